The molecule has 3 aromatic rings. The van der Waals surface area contributed by atoms with Crippen LogP contribution in [0.1, 0.15) is 49.3 Å². The summed E-state index contributed by atoms with van der Waals surface area (Å²) in [5.74, 6) is -0.445. The number of nitrogens with one attached hydrogen (secondary N) is 1. The van der Waals surface area contributed by atoms with Crippen molar-refractivity contribution in [2.75, 3.05) is 81.1 Å². The van der Waals surface area contributed by atoms with Gasteiger partial charge in [0.15, 0.2) is 17.2 Å². The minimum Gasteiger partial charge on any atom is -0.378 e. The van der Waals surface area contributed by atoms with E-state index in [9.17, 15) is 18.0 Å². The number of halogens is 5. The SMILES string of the molecule is CC1=CC(C)=[N+]2C1=C(CCC(=O)NCCN1CCN(c3nc(-c4cnc(N)nc4C(F)(F)F)nc(N4CCOCC4)n3)CC1)c1c(C)cc(C)n1S2(F)F. The second kappa shape index (κ2) is 14.5. The summed E-state index contributed by atoms with van der Waals surface area (Å²) in [5.41, 5.74) is 8.10. The Morgan fingerprint density at radius 3 is 2.31 bits per heavy atom. The van der Waals surface area contributed by atoms with Crippen LogP contribution in [0.25, 0.3) is 17.0 Å². The van der Waals surface area contributed by atoms with Crippen molar-refractivity contribution in [1.82, 2.24) is 39.1 Å². The summed E-state index contributed by atoms with van der Waals surface area (Å²) in [4.78, 5) is 39.7. The zero-order valence-corrected chi connectivity index (χ0v) is 31.2. The molecule has 0 spiro atoms. The maximum Gasteiger partial charge on any atom is 0.434 e. The van der Waals surface area contributed by atoms with Crippen LogP contribution in [-0.2, 0) is 15.7 Å². The molecule has 1 amide bonds. The van der Waals surface area contributed by atoms with Crippen molar-refractivity contribution >= 4 is 46.2 Å². The minimum absolute atomic E-state index is 0.139. The van der Waals surface area contributed by atoms with E-state index in [4.69, 9.17) is 10.5 Å². The van der Waals surface area contributed by atoms with Crippen molar-refractivity contribution in [1.29, 1.82) is 0 Å². The topological polar surface area (TPSA) is 146 Å². The van der Waals surface area contributed by atoms with Crippen molar-refractivity contribution in [3.05, 3.63) is 52.3 Å². The summed E-state index contributed by atoms with van der Waals surface area (Å²) in [7, 11) is 0. The smallest absolute Gasteiger partial charge is 0.378 e. The zero-order valence-electron chi connectivity index (χ0n) is 30.4. The number of piperazine rings is 1. The third-order valence-electron chi connectivity index (χ3n) is 9.89. The molecule has 3 N–H and O–H groups in total. The predicted molar refractivity (Wildman–Crippen MR) is 195 cm³/mol. The number of nitrogens with two attached hydrogens (primary N) is 1. The van der Waals surface area contributed by atoms with Crippen molar-refractivity contribution in [3.63, 3.8) is 0 Å². The summed E-state index contributed by atoms with van der Waals surface area (Å²) >= 11 is -4.34. The molecule has 3 aromatic heterocycles. The van der Waals surface area contributed by atoms with Gasteiger partial charge in [-0.15, -0.1) is 0 Å². The van der Waals surface area contributed by atoms with Gasteiger partial charge in [0.1, 0.15) is 0 Å². The number of carbonyl (C=O) groups is 1. The molecule has 2 fully saturated rings. The molecule has 4 aliphatic rings. The number of carbonyl (C=O) groups excluding carboxylic acids is 1. The molecule has 0 bridgehead atoms. The number of hydrogen-bond donors (Lipinski definition) is 2. The van der Waals surface area contributed by atoms with E-state index >= 15 is 7.77 Å². The fourth-order valence-corrected chi connectivity index (χ4v) is 9.33. The number of aryl methyl sites for hydroxylation is 2. The van der Waals surface area contributed by atoms with Crippen molar-refractivity contribution in [3.8, 4) is 11.4 Å². The largest absolute Gasteiger partial charge is 0.434 e. The van der Waals surface area contributed by atoms with Crippen LogP contribution >= 0.6 is 11.2 Å². The van der Waals surface area contributed by atoms with Gasteiger partial charge < -0.3 is 25.6 Å². The van der Waals surface area contributed by atoms with E-state index in [0.29, 0.717) is 94.8 Å². The highest BCUT2D eigenvalue weighted by molar-refractivity contribution is 8.18. The molecule has 0 unspecified atom stereocenters. The first-order valence-corrected chi connectivity index (χ1v) is 19.0. The molecule has 0 aromatic carbocycles. The number of ether oxygens (including phenoxy) is 1. The number of alkyl halides is 3. The van der Waals surface area contributed by atoms with Crippen LogP contribution in [0.5, 0.6) is 0 Å². The molecule has 7 rings (SSSR count). The lowest BCUT2D eigenvalue weighted by Crippen LogP contribution is -2.49. The highest BCUT2D eigenvalue weighted by atomic mass is 32.3. The number of amides is 1. The highest BCUT2D eigenvalue weighted by Crippen LogP contribution is 2.63. The van der Waals surface area contributed by atoms with Crippen LogP contribution in [0.3, 0.4) is 0 Å². The summed E-state index contributed by atoms with van der Waals surface area (Å²) in [6.07, 6.45) is -1.62. The van der Waals surface area contributed by atoms with E-state index in [1.807, 2.05) is 23.6 Å². The van der Waals surface area contributed by atoms with Gasteiger partial charge in [-0.2, -0.15) is 28.1 Å². The molecule has 290 valence electrons. The van der Waals surface area contributed by atoms with Crippen molar-refractivity contribution < 1.29 is 34.5 Å². The number of hydrogen-bond acceptors (Lipinski definition) is 11. The van der Waals surface area contributed by atoms with Crippen LogP contribution in [0, 0.1) is 13.8 Å². The summed E-state index contributed by atoms with van der Waals surface area (Å²) < 4.78 is 81.5. The fourth-order valence-electron chi connectivity index (χ4n) is 7.42. The number of nitrogen functional groups attached to an aromatic ring is 1. The molecular formula is C34H42F5N12O2S+. The second-order valence-electron chi connectivity index (χ2n) is 13.6. The molecule has 0 aliphatic carbocycles. The van der Waals surface area contributed by atoms with Gasteiger partial charge in [0.2, 0.25) is 29.4 Å². The number of anilines is 3. The number of nitrogens with zero attached hydrogens (tertiary/aromatic N) is 10. The molecular weight excluding hydrogens is 736 g/mol. The Morgan fingerprint density at radius 2 is 1.65 bits per heavy atom. The van der Waals surface area contributed by atoms with Gasteiger partial charge in [-0.1, -0.05) is 11.8 Å². The first kappa shape index (κ1) is 37.6. The van der Waals surface area contributed by atoms with Crippen LogP contribution in [0.4, 0.5) is 38.8 Å². The van der Waals surface area contributed by atoms with Gasteiger partial charge in [-0.05, 0) is 38.8 Å². The van der Waals surface area contributed by atoms with Crippen LogP contribution in [0.15, 0.2) is 29.6 Å². The average Bonchev–Trinajstić information content (AvgIpc) is 3.62. The van der Waals surface area contributed by atoms with Gasteiger partial charge in [-0.25, -0.2) is 13.9 Å². The number of fused-ring (bicyclic) bond motifs is 2. The van der Waals surface area contributed by atoms with Gasteiger partial charge in [0.05, 0.1) is 30.0 Å². The lowest BCUT2D eigenvalue weighted by Gasteiger charge is -2.35. The molecule has 54 heavy (non-hydrogen) atoms. The second-order valence-corrected chi connectivity index (χ2v) is 15.2. The Kier molecular flexibility index (Phi) is 10.1. The van der Waals surface area contributed by atoms with Crippen LogP contribution < -0.4 is 20.9 Å². The first-order chi connectivity index (χ1) is 25.6. The van der Waals surface area contributed by atoms with Gasteiger partial charge >= 0.3 is 17.3 Å². The zero-order chi connectivity index (χ0) is 38.5. The average molecular weight is 778 g/mol. The Labute approximate surface area is 310 Å². The summed E-state index contributed by atoms with van der Waals surface area (Å²) in [6, 6.07) is 1.77. The quantitative estimate of drug-likeness (QED) is 0.237. The summed E-state index contributed by atoms with van der Waals surface area (Å²) in [5, 5.41) is 2.98. The van der Waals surface area contributed by atoms with E-state index in [0.717, 1.165) is 30.9 Å². The number of morpholine rings is 1. The van der Waals surface area contributed by atoms with Crippen molar-refractivity contribution in [2.24, 2.45) is 0 Å². The first-order valence-electron chi connectivity index (χ1n) is 17.6. The summed E-state index contributed by atoms with van der Waals surface area (Å²) in [6.45, 7) is 11.9. The number of allylic oxidation sites excluding steroid dienone is 3. The van der Waals surface area contributed by atoms with E-state index in [2.05, 4.69) is 35.1 Å². The minimum atomic E-state index is -4.82. The predicted octanol–water partition coefficient (Wildman–Crippen LogP) is 4.31. The maximum absolute atomic E-state index is 15.9. The molecule has 0 radical (unpaired) electrons. The Bertz CT molecular complexity index is 2070. The lowest BCUT2D eigenvalue weighted by atomic mass is 9.98. The molecule has 7 heterocycles. The molecule has 14 nitrogen and oxygen atoms in total. The molecule has 0 atom stereocenters. The lowest BCUT2D eigenvalue weighted by molar-refractivity contribution is -0.304. The van der Waals surface area contributed by atoms with E-state index in [1.54, 1.807) is 26.0 Å². The third kappa shape index (κ3) is 7.13. The highest BCUT2D eigenvalue weighted by Gasteiger charge is 2.53. The number of aromatic nitrogens is 6. The van der Waals surface area contributed by atoms with Gasteiger partial charge in [0, 0.05) is 89.2 Å². The van der Waals surface area contributed by atoms with Crippen LogP contribution in [-0.4, -0.2) is 115 Å². The van der Waals surface area contributed by atoms with Crippen LogP contribution in [0.2, 0.25) is 0 Å². The van der Waals surface area contributed by atoms with E-state index in [-0.39, 0.29) is 30.0 Å². The Hall–Kier alpha value is -4.69. The van der Waals surface area contributed by atoms with Gasteiger partial charge in [0.25, 0.3) is 0 Å². The fraction of sp³-hybridized carbons (Fsp3) is 0.500. The molecule has 2 saturated heterocycles. The normalized spacial score (nSPS) is 19.5. The standard InChI is InChI=1S/C34H41F5N12O2S/c1-20-17-22(3)50-27(20)24(28-21(2)18-23(4)51(28)54(50,38)39)5-6-26(52)41-7-8-47-9-11-48(12-10-47)32-44-30(45-33(46-32)49-13-15-53-16-14-49)25-19-42-31(40)43-29(25)34(35,36)37/h17-19H,5-16H2,1-4H3,(H2-,40,41,42,43,44,45,46,52)/p+1. The number of rotatable bonds is 9. The molecule has 20 heteroatoms. The van der Waals surface area contributed by atoms with E-state index in [1.165, 1.54) is 0 Å². The Balaban J connectivity index is 0.990. The maximum atomic E-state index is 15.9. The van der Waals surface area contributed by atoms with E-state index < -0.39 is 34.6 Å². The van der Waals surface area contributed by atoms with Crippen molar-refractivity contribution in [2.45, 2.75) is 46.7 Å². The molecule has 4 aliphatic heterocycles. The van der Waals surface area contributed by atoms with Gasteiger partial charge in [-0.3, -0.25) is 9.69 Å². The monoisotopic (exact) mass is 777 g/mol. The third-order valence-corrected chi connectivity index (χ3v) is 11.7. The molecule has 0 saturated carbocycles. The Morgan fingerprint density at radius 1 is 0.981 bits per heavy atom.